The van der Waals surface area contributed by atoms with Crippen molar-refractivity contribution < 1.29 is 27.5 Å². The summed E-state index contributed by atoms with van der Waals surface area (Å²) in [6.07, 6.45) is 0.255. The third-order valence-corrected chi connectivity index (χ3v) is 5.42. The summed E-state index contributed by atoms with van der Waals surface area (Å²) in [7, 11) is -3.95. The molecule has 1 heterocycles. The normalized spacial score (nSPS) is 13.6. The Morgan fingerprint density at radius 2 is 1.68 bits per heavy atom. The Bertz CT molecular complexity index is 1040. The maximum atomic E-state index is 12.2. The first-order valence-corrected chi connectivity index (χ1v) is 10.0. The van der Waals surface area contributed by atoms with E-state index in [-0.39, 0.29) is 41.8 Å². The molecule has 2 aromatic rings. The number of esters is 1. The maximum Gasteiger partial charge on any atom is 0.338 e. The van der Waals surface area contributed by atoms with Gasteiger partial charge in [-0.25, -0.2) is 18.4 Å². The van der Waals surface area contributed by atoms with Crippen molar-refractivity contribution in [1.29, 1.82) is 0 Å². The molecule has 2 aromatic carbocycles. The van der Waals surface area contributed by atoms with Gasteiger partial charge in [0.15, 0.2) is 0 Å². The van der Waals surface area contributed by atoms with Crippen LogP contribution in [0.4, 0.5) is 0 Å². The SMILES string of the molecule is Cc1ccc(C(=O)OCCCN2C(=O)c3ccccc3C2=O)cc1S(N)(=O)=O. The van der Waals surface area contributed by atoms with Gasteiger partial charge in [-0.15, -0.1) is 0 Å². The summed E-state index contributed by atoms with van der Waals surface area (Å²) in [5, 5.41) is 5.13. The molecule has 0 spiro atoms. The Hall–Kier alpha value is -3.04. The van der Waals surface area contributed by atoms with Crippen LogP contribution in [0.5, 0.6) is 0 Å². The molecule has 0 aliphatic carbocycles. The number of ether oxygens (including phenoxy) is 1. The van der Waals surface area contributed by atoms with Crippen LogP contribution in [0, 0.1) is 6.92 Å². The van der Waals surface area contributed by atoms with Gasteiger partial charge in [-0.3, -0.25) is 14.5 Å². The van der Waals surface area contributed by atoms with Crippen LogP contribution in [0.3, 0.4) is 0 Å². The molecule has 2 N–H and O–H groups in total. The molecule has 0 saturated carbocycles. The van der Waals surface area contributed by atoms with Crippen molar-refractivity contribution in [2.45, 2.75) is 18.2 Å². The quantitative estimate of drug-likeness (QED) is 0.443. The number of nitrogens with zero attached hydrogens (tertiary/aromatic N) is 1. The molecule has 9 heteroatoms. The highest BCUT2D eigenvalue weighted by molar-refractivity contribution is 7.89. The van der Waals surface area contributed by atoms with Gasteiger partial charge in [0.1, 0.15) is 0 Å². The number of aryl methyl sites for hydroxylation is 1. The van der Waals surface area contributed by atoms with Crippen molar-refractivity contribution in [3.8, 4) is 0 Å². The number of nitrogens with two attached hydrogens (primary N) is 1. The Morgan fingerprint density at radius 1 is 1.07 bits per heavy atom. The predicted octanol–water partition coefficient (Wildman–Crippen LogP) is 1.49. The average molecular weight is 402 g/mol. The summed E-state index contributed by atoms with van der Waals surface area (Å²) in [5.41, 5.74) is 1.19. The largest absolute Gasteiger partial charge is 0.462 e. The van der Waals surface area contributed by atoms with Gasteiger partial charge in [0.05, 0.1) is 28.2 Å². The number of amides is 2. The lowest BCUT2D eigenvalue weighted by Crippen LogP contribution is -2.31. The molecule has 3 rings (SSSR count). The summed E-state index contributed by atoms with van der Waals surface area (Å²) in [6, 6.07) is 10.6. The van der Waals surface area contributed by atoms with Gasteiger partial charge in [0.25, 0.3) is 11.8 Å². The minimum absolute atomic E-state index is 0.0369. The van der Waals surface area contributed by atoms with Crippen LogP contribution in [-0.4, -0.2) is 44.3 Å². The fourth-order valence-corrected chi connectivity index (χ4v) is 3.75. The van der Waals surface area contributed by atoms with Crippen LogP contribution >= 0.6 is 0 Å². The molecule has 2 amide bonds. The van der Waals surface area contributed by atoms with Crippen LogP contribution in [0.15, 0.2) is 47.4 Å². The van der Waals surface area contributed by atoms with E-state index >= 15 is 0 Å². The van der Waals surface area contributed by atoms with Gasteiger partial charge in [-0.05, 0) is 43.2 Å². The maximum absolute atomic E-state index is 12.2. The standard InChI is InChI=1S/C19H18N2O6S/c1-12-7-8-13(11-16(12)28(20,25)26)19(24)27-10-4-9-21-17(22)14-5-2-3-6-15(14)18(21)23/h2-3,5-8,11H,4,9-10H2,1H3,(H2,20,25,26). The smallest absolute Gasteiger partial charge is 0.338 e. The number of sulfonamides is 1. The predicted molar refractivity (Wildman–Crippen MR) is 99.3 cm³/mol. The van der Waals surface area contributed by atoms with Crippen molar-refractivity contribution in [2.75, 3.05) is 13.2 Å². The monoisotopic (exact) mass is 402 g/mol. The summed E-state index contributed by atoms with van der Waals surface area (Å²) < 4.78 is 28.2. The number of imide groups is 1. The Balaban J connectivity index is 1.57. The Morgan fingerprint density at radius 3 is 2.25 bits per heavy atom. The molecule has 0 saturated heterocycles. The lowest BCUT2D eigenvalue weighted by atomic mass is 10.1. The highest BCUT2D eigenvalue weighted by Gasteiger charge is 2.34. The van der Waals surface area contributed by atoms with E-state index in [0.717, 1.165) is 11.0 Å². The molecule has 0 bridgehead atoms. The fourth-order valence-electron chi connectivity index (χ4n) is 2.95. The number of hydrogen-bond donors (Lipinski definition) is 1. The Kier molecular flexibility index (Phi) is 5.30. The summed E-state index contributed by atoms with van der Waals surface area (Å²) in [4.78, 5) is 37.6. The zero-order chi connectivity index (χ0) is 20.5. The van der Waals surface area contributed by atoms with Crippen LogP contribution in [0.25, 0.3) is 0 Å². The second kappa shape index (κ2) is 7.53. The number of fused-ring (bicyclic) bond motifs is 1. The minimum atomic E-state index is -3.95. The first kappa shape index (κ1) is 19.7. The van der Waals surface area contributed by atoms with Crippen molar-refractivity contribution in [3.63, 3.8) is 0 Å². The fraction of sp³-hybridized carbons (Fsp3) is 0.211. The lowest BCUT2D eigenvalue weighted by molar-refractivity contribution is 0.0482. The van der Waals surface area contributed by atoms with Gasteiger partial charge < -0.3 is 4.74 Å². The first-order valence-electron chi connectivity index (χ1n) is 8.46. The molecule has 0 radical (unpaired) electrons. The van der Waals surface area contributed by atoms with E-state index in [1.807, 2.05) is 0 Å². The van der Waals surface area contributed by atoms with Crippen molar-refractivity contribution in [1.82, 2.24) is 4.90 Å². The zero-order valence-electron chi connectivity index (χ0n) is 15.0. The third kappa shape index (κ3) is 3.80. The second-order valence-corrected chi connectivity index (χ2v) is 7.85. The van der Waals surface area contributed by atoms with E-state index in [9.17, 15) is 22.8 Å². The number of primary sulfonamides is 1. The number of hydrogen-bond acceptors (Lipinski definition) is 6. The molecule has 0 unspecified atom stereocenters. The highest BCUT2D eigenvalue weighted by Crippen LogP contribution is 2.22. The molecule has 1 aliphatic rings. The van der Waals surface area contributed by atoms with Gasteiger partial charge >= 0.3 is 5.97 Å². The molecule has 1 aliphatic heterocycles. The minimum Gasteiger partial charge on any atom is -0.462 e. The van der Waals surface area contributed by atoms with Gasteiger partial charge in [-0.1, -0.05) is 18.2 Å². The van der Waals surface area contributed by atoms with E-state index in [2.05, 4.69) is 0 Å². The van der Waals surface area contributed by atoms with Gasteiger partial charge in [0, 0.05) is 6.54 Å². The molecular weight excluding hydrogens is 384 g/mol. The van der Waals surface area contributed by atoms with E-state index in [1.54, 1.807) is 31.2 Å². The van der Waals surface area contributed by atoms with E-state index in [0.29, 0.717) is 16.7 Å². The second-order valence-electron chi connectivity index (χ2n) is 6.32. The number of carbonyl (C=O) groups excluding carboxylic acids is 3. The summed E-state index contributed by atoms with van der Waals surface area (Å²) in [6.45, 7) is 1.64. The Labute approximate surface area is 161 Å². The molecule has 28 heavy (non-hydrogen) atoms. The molecule has 0 aromatic heterocycles. The van der Waals surface area contributed by atoms with Crippen molar-refractivity contribution in [3.05, 3.63) is 64.7 Å². The summed E-state index contributed by atoms with van der Waals surface area (Å²) in [5.74, 6) is -1.46. The van der Waals surface area contributed by atoms with Crippen molar-refractivity contribution in [2.24, 2.45) is 5.14 Å². The lowest BCUT2D eigenvalue weighted by Gasteiger charge is -2.13. The average Bonchev–Trinajstić information content (AvgIpc) is 2.89. The van der Waals surface area contributed by atoms with Crippen LogP contribution < -0.4 is 5.14 Å². The number of rotatable bonds is 6. The van der Waals surface area contributed by atoms with Gasteiger partial charge in [-0.2, -0.15) is 0 Å². The first-order chi connectivity index (χ1) is 13.2. The molecular formula is C19H18N2O6S. The van der Waals surface area contributed by atoms with E-state index in [4.69, 9.17) is 9.88 Å². The van der Waals surface area contributed by atoms with Crippen LogP contribution in [0.1, 0.15) is 43.1 Å². The van der Waals surface area contributed by atoms with E-state index < -0.39 is 16.0 Å². The summed E-state index contributed by atoms with van der Waals surface area (Å²) >= 11 is 0. The third-order valence-electron chi connectivity index (χ3n) is 4.37. The van der Waals surface area contributed by atoms with Crippen molar-refractivity contribution >= 4 is 27.8 Å². The number of benzene rings is 2. The topological polar surface area (TPSA) is 124 Å². The van der Waals surface area contributed by atoms with E-state index in [1.165, 1.54) is 12.1 Å². The molecule has 0 fully saturated rings. The molecule has 8 nitrogen and oxygen atoms in total. The molecule has 0 atom stereocenters. The highest BCUT2D eigenvalue weighted by atomic mass is 32.2. The van der Waals surface area contributed by atoms with Crippen LogP contribution in [0.2, 0.25) is 0 Å². The van der Waals surface area contributed by atoms with Gasteiger partial charge in [0.2, 0.25) is 10.0 Å². The van der Waals surface area contributed by atoms with Crippen LogP contribution in [-0.2, 0) is 14.8 Å². The number of carbonyl (C=O) groups is 3. The zero-order valence-corrected chi connectivity index (χ0v) is 15.9. The molecule has 146 valence electrons.